The first kappa shape index (κ1) is 16.5. The highest BCUT2D eigenvalue weighted by Crippen LogP contribution is 2.21. The fraction of sp³-hybridized carbons (Fsp3) is 0.200. The lowest BCUT2D eigenvalue weighted by Gasteiger charge is -2.18. The van der Waals surface area contributed by atoms with E-state index in [4.69, 9.17) is 5.11 Å². The second-order valence-electron chi connectivity index (χ2n) is 4.67. The smallest absolute Gasteiger partial charge is 0.241 e. The third-order valence-electron chi connectivity index (χ3n) is 3.12. The molecule has 7 heteroatoms. The lowest BCUT2D eigenvalue weighted by molar-refractivity contribution is 0.272. The molecule has 0 aliphatic rings. The van der Waals surface area contributed by atoms with Crippen LogP contribution >= 0.6 is 0 Å². The van der Waals surface area contributed by atoms with Crippen molar-refractivity contribution in [2.24, 2.45) is 0 Å². The van der Waals surface area contributed by atoms with Gasteiger partial charge in [0.25, 0.3) is 0 Å². The van der Waals surface area contributed by atoms with Gasteiger partial charge in [-0.15, -0.1) is 0 Å². The number of benzene rings is 2. The summed E-state index contributed by atoms with van der Waals surface area (Å²) in [4.78, 5) is -0.370. The lowest BCUT2D eigenvalue weighted by Crippen LogP contribution is -2.29. The molecule has 4 nitrogen and oxygen atoms in total. The Labute approximate surface area is 127 Å². The van der Waals surface area contributed by atoms with Crippen LogP contribution in [0.5, 0.6) is 0 Å². The first-order valence-corrected chi connectivity index (χ1v) is 8.05. The number of aliphatic hydroxyl groups excluding tert-OH is 1. The molecule has 0 fully saturated rings. The van der Waals surface area contributed by atoms with E-state index in [9.17, 15) is 17.2 Å². The van der Waals surface area contributed by atoms with Crippen molar-refractivity contribution in [3.63, 3.8) is 0 Å². The second kappa shape index (κ2) is 6.95. The van der Waals surface area contributed by atoms with Gasteiger partial charge in [0.05, 0.1) is 4.90 Å². The van der Waals surface area contributed by atoms with Gasteiger partial charge in [-0.25, -0.2) is 21.9 Å². The molecule has 118 valence electrons. The molecule has 1 atom stereocenters. The topological polar surface area (TPSA) is 66.4 Å². The van der Waals surface area contributed by atoms with Crippen molar-refractivity contribution in [2.45, 2.75) is 17.4 Å². The van der Waals surface area contributed by atoms with Crippen molar-refractivity contribution < 1.29 is 22.3 Å². The minimum absolute atomic E-state index is 0.160. The van der Waals surface area contributed by atoms with Crippen LogP contribution in [0.1, 0.15) is 18.0 Å². The number of nitrogens with one attached hydrogen (secondary N) is 1. The first-order chi connectivity index (χ1) is 10.4. The third kappa shape index (κ3) is 3.88. The van der Waals surface area contributed by atoms with Crippen LogP contribution in [-0.2, 0) is 10.0 Å². The molecule has 0 spiro atoms. The quantitative estimate of drug-likeness (QED) is 0.856. The van der Waals surface area contributed by atoms with E-state index in [1.807, 2.05) is 0 Å². The maximum Gasteiger partial charge on any atom is 0.241 e. The van der Waals surface area contributed by atoms with E-state index in [0.29, 0.717) is 11.6 Å². The summed E-state index contributed by atoms with van der Waals surface area (Å²) in [5.74, 6) is -2.35. The molecule has 0 bridgehead atoms. The van der Waals surface area contributed by atoms with Crippen molar-refractivity contribution in [3.8, 4) is 0 Å². The van der Waals surface area contributed by atoms with E-state index in [1.165, 1.54) is 0 Å². The van der Waals surface area contributed by atoms with Gasteiger partial charge in [-0.3, -0.25) is 0 Å². The number of sulfonamides is 1. The monoisotopic (exact) mass is 327 g/mol. The molecule has 2 aromatic rings. The highest BCUT2D eigenvalue weighted by molar-refractivity contribution is 7.89. The van der Waals surface area contributed by atoms with Crippen LogP contribution in [0.2, 0.25) is 0 Å². The summed E-state index contributed by atoms with van der Waals surface area (Å²) in [7, 11) is -4.04. The maximum atomic E-state index is 13.2. The minimum atomic E-state index is -4.04. The summed E-state index contributed by atoms with van der Waals surface area (Å²) in [6.45, 7) is -0.222. The van der Waals surface area contributed by atoms with Gasteiger partial charge in [-0.05, 0) is 30.2 Å². The second-order valence-corrected chi connectivity index (χ2v) is 6.39. The van der Waals surface area contributed by atoms with Gasteiger partial charge in [0.15, 0.2) is 11.6 Å². The predicted octanol–water partition coefficient (Wildman–Crippen LogP) is 2.37. The van der Waals surface area contributed by atoms with Crippen molar-refractivity contribution in [1.82, 2.24) is 4.72 Å². The summed E-state index contributed by atoms with van der Waals surface area (Å²) in [6.07, 6.45) is 0.160. The van der Waals surface area contributed by atoms with Gasteiger partial charge in [0, 0.05) is 12.6 Å². The van der Waals surface area contributed by atoms with Crippen molar-refractivity contribution in [1.29, 1.82) is 0 Å². The van der Waals surface area contributed by atoms with Crippen LogP contribution < -0.4 is 4.72 Å². The zero-order valence-electron chi connectivity index (χ0n) is 11.5. The molecule has 2 aromatic carbocycles. The molecule has 0 aromatic heterocycles. The number of hydrogen-bond donors (Lipinski definition) is 2. The van der Waals surface area contributed by atoms with Gasteiger partial charge >= 0.3 is 0 Å². The highest BCUT2D eigenvalue weighted by Gasteiger charge is 2.22. The number of rotatable bonds is 6. The predicted molar refractivity (Wildman–Crippen MR) is 77.6 cm³/mol. The van der Waals surface area contributed by atoms with Crippen molar-refractivity contribution in [3.05, 3.63) is 65.7 Å². The summed E-state index contributed by atoms with van der Waals surface area (Å²) in [6, 6.07) is 10.4. The summed E-state index contributed by atoms with van der Waals surface area (Å²) >= 11 is 0. The van der Waals surface area contributed by atoms with Crippen molar-refractivity contribution in [2.75, 3.05) is 6.61 Å². The zero-order valence-corrected chi connectivity index (χ0v) is 12.4. The molecular formula is C15H15F2NO3S. The van der Waals surface area contributed by atoms with Gasteiger partial charge in [0.2, 0.25) is 10.0 Å². The average molecular weight is 327 g/mol. The van der Waals surface area contributed by atoms with E-state index in [2.05, 4.69) is 4.72 Å². The Balaban J connectivity index is 2.30. The Morgan fingerprint density at radius 3 is 2.32 bits per heavy atom. The normalized spacial score (nSPS) is 13.0. The Morgan fingerprint density at radius 2 is 1.73 bits per heavy atom. The molecule has 22 heavy (non-hydrogen) atoms. The zero-order chi connectivity index (χ0) is 16.2. The number of aliphatic hydroxyl groups is 1. The fourth-order valence-electron chi connectivity index (χ4n) is 2.01. The van der Waals surface area contributed by atoms with Crippen molar-refractivity contribution >= 4 is 10.0 Å². The maximum absolute atomic E-state index is 13.2. The summed E-state index contributed by atoms with van der Waals surface area (Å²) < 4.78 is 53.1. The van der Waals surface area contributed by atoms with Crippen LogP contribution in [0.4, 0.5) is 8.78 Å². The Morgan fingerprint density at radius 1 is 1.05 bits per heavy atom. The lowest BCUT2D eigenvalue weighted by atomic mass is 10.1. The summed E-state index contributed by atoms with van der Waals surface area (Å²) in [5, 5.41) is 9.10. The fourth-order valence-corrected chi connectivity index (χ4v) is 3.28. The van der Waals surface area contributed by atoms with Crippen LogP contribution in [0.15, 0.2) is 53.4 Å². The molecule has 0 aliphatic carbocycles. The SMILES string of the molecule is O=S(=O)(N[C@H](CCO)c1ccccc1)c1ccc(F)c(F)c1. The molecule has 2 N–H and O–H groups in total. The molecule has 0 saturated carbocycles. The number of hydrogen-bond acceptors (Lipinski definition) is 3. The van der Waals surface area contributed by atoms with E-state index < -0.39 is 27.7 Å². The van der Waals surface area contributed by atoms with Gasteiger partial charge in [-0.2, -0.15) is 0 Å². The molecule has 0 saturated heterocycles. The van der Waals surface area contributed by atoms with Crippen LogP contribution in [-0.4, -0.2) is 20.1 Å². The van der Waals surface area contributed by atoms with E-state index in [1.54, 1.807) is 30.3 Å². The van der Waals surface area contributed by atoms with E-state index >= 15 is 0 Å². The number of halogens is 2. The molecule has 0 amide bonds. The molecule has 2 rings (SSSR count). The van der Waals surface area contributed by atoms with E-state index in [0.717, 1.165) is 12.1 Å². The summed E-state index contributed by atoms with van der Waals surface area (Å²) in [5.41, 5.74) is 0.669. The van der Waals surface area contributed by atoms with Crippen LogP contribution in [0.25, 0.3) is 0 Å². The van der Waals surface area contributed by atoms with E-state index in [-0.39, 0.29) is 17.9 Å². The molecule has 0 unspecified atom stereocenters. The Kier molecular flexibility index (Phi) is 5.23. The van der Waals surface area contributed by atoms with Crippen LogP contribution in [0.3, 0.4) is 0 Å². The largest absolute Gasteiger partial charge is 0.396 e. The standard InChI is InChI=1S/C15H15F2NO3S/c16-13-7-6-12(10-14(13)17)22(20,21)18-15(8-9-19)11-4-2-1-3-5-11/h1-7,10,15,18-19H,8-9H2/t15-/m1/s1. The first-order valence-electron chi connectivity index (χ1n) is 6.57. The van der Waals surface area contributed by atoms with Gasteiger partial charge < -0.3 is 5.11 Å². The molecule has 0 heterocycles. The Hall–Kier alpha value is -1.83. The van der Waals surface area contributed by atoms with Crippen LogP contribution in [0, 0.1) is 11.6 Å². The molecule has 0 aliphatic heterocycles. The highest BCUT2D eigenvalue weighted by atomic mass is 32.2. The average Bonchev–Trinajstić information content (AvgIpc) is 2.50. The molecular weight excluding hydrogens is 312 g/mol. The van der Waals surface area contributed by atoms with Gasteiger partial charge in [-0.1, -0.05) is 30.3 Å². The van der Waals surface area contributed by atoms with Gasteiger partial charge in [0.1, 0.15) is 0 Å². The Bertz CT molecular complexity index is 736. The minimum Gasteiger partial charge on any atom is -0.396 e. The molecule has 0 radical (unpaired) electrons. The third-order valence-corrected chi connectivity index (χ3v) is 4.59.